The summed E-state index contributed by atoms with van der Waals surface area (Å²) in [6, 6.07) is 1.94. The molecule has 0 amide bonds. The molecule has 1 aromatic rings. The summed E-state index contributed by atoms with van der Waals surface area (Å²) in [4.78, 5) is 9.94. The molecule has 0 bridgehead atoms. The summed E-state index contributed by atoms with van der Waals surface area (Å²) >= 11 is 0. The number of ether oxygens (including phenoxy) is 2. The average Bonchev–Trinajstić information content (AvgIpc) is 3.04. The van der Waals surface area contributed by atoms with E-state index in [1.54, 1.807) is 0 Å². The van der Waals surface area contributed by atoms with Gasteiger partial charge in [-0.05, 0) is 6.07 Å². The van der Waals surface area contributed by atoms with Crippen molar-refractivity contribution in [2.45, 2.75) is 30.7 Å². The highest BCUT2D eigenvalue weighted by atomic mass is 16.7. The first kappa shape index (κ1) is 18.3. The van der Waals surface area contributed by atoms with Gasteiger partial charge in [-0.2, -0.15) is 0 Å². The molecule has 6 N–H and O–H groups in total. The third-order valence-electron chi connectivity index (χ3n) is 3.58. The monoisotopic (exact) mass is 347 g/mol. The lowest BCUT2D eigenvalue weighted by molar-refractivity contribution is -0.386. The Morgan fingerprint density at radius 3 is 2.54 bits per heavy atom. The molecule has 0 radical (unpaired) electrons. The van der Waals surface area contributed by atoms with E-state index in [1.165, 1.54) is 0 Å². The molecule has 2 rings (SSSR count). The standard InChI is InChI=1S/C13H17NO10/c15-3-8(17)11(19)12(20)9-4-23-13(24-9)5-1-6(14(21)22)10(18)7(16)2-5/h1-2,8-9,11-13,15-20H,3-4H2/t8-,9-,11-,12-,13?/m1/s1. The molecule has 1 unspecified atom stereocenters. The molecule has 0 spiro atoms. The highest BCUT2D eigenvalue weighted by Crippen LogP contribution is 2.40. The molecule has 1 aromatic carbocycles. The Balaban J connectivity index is 2.15. The lowest BCUT2D eigenvalue weighted by Crippen LogP contribution is -2.46. The number of nitro groups is 1. The number of aliphatic hydroxyl groups is 4. The van der Waals surface area contributed by atoms with E-state index < -0.39 is 59.4 Å². The second-order valence-electron chi connectivity index (χ2n) is 5.24. The molecule has 1 aliphatic heterocycles. The first-order valence-corrected chi connectivity index (χ1v) is 6.88. The van der Waals surface area contributed by atoms with Crippen LogP contribution in [0.3, 0.4) is 0 Å². The Kier molecular flexibility index (Phi) is 5.54. The van der Waals surface area contributed by atoms with E-state index in [1.807, 2.05) is 0 Å². The van der Waals surface area contributed by atoms with Crippen LogP contribution in [0.2, 0.25) is 0 Å². The zero-order valence-corrected chi connectivity index (χ0v) is 12.2. The van der Waals surface area contributed by atoms with E-state index in [0.717, 1.165) is 12.1 Å². The second-order valence-corrected chi connectivity index (χ2v) is 5.24. The van der Waals surface area contributed by atoms with Crippen LogP contribution in [-0.4, -0.2) is 73.2 Å². The Hall–Kier alpha value is -2.02. The highest BCUT2D eigenvalue weighted by molar-refractivity contribution is 5.56. The van der Waals surface area contributed by atoms with Crippen molar-refractivity contribution in [1.29, 1.82) is 0 Å². The average molecular weight is 347 g/mol. The van der Waals surface area contributed by atoms with E-state index in [2.05, 4.69) is 0 Å². The number of rotatable bonds is 6. The number of nitro benzene ring substituents is 1. The lowest BCUT2D eigenvalue weighted by Gasteiger charge is -2.25. The molecule has 134 valence electrons. The molecule has 1 aliphatic rings. The van der Waals surface area contributed by atoms with Crippen LogP contribution in [0.1, 0.15) is 11.9 Å². The summed E-state index contributed by atoms with van der Waals surface area (Å²) in [5.41, 5.74) is -0.735. The van der Waals surface area contributed by atoms with Crippen LogP contribution in [0.15, 0.2) is 12.1 Å². The lowest BCUT2D eigenvalue weighted by atomic mass is 10.0. The van der Waals surface area contributed by atoms with Gasteiger partial charge in [0.2, 0.25) is 5.75 Å². The van der Waals surface area contributed by atoms with Gasteiger partial charge in [0, 0.05) is 11.6 Å². The van der Waals surface area contributed by atoms with Crippen molar-refractivity contribution in [1.82, 2.24) is 0 Å². The number of phenolic OH excluding ortho intramolecular Hbond substituents is 2. The van der Waals surface area contributed by atoms with Gasteiger partial charge in [-0.1, -0.05) is 0 Å². The van der Waals surface area contributed by atoms with Crippen LogP contribution in [-0.2, 0) is 9.47 Å². The molecular formula is C13H17NO10. The van der Waals surface area contributed by atoms with E-state index in [9.17, 15) is 35.6 Å². The minimum Gasteiger partial charge on any atom is -0.504 e. The van der Waals surface area contributed by atoms with Gasteiger partial charge < -0.3 is 40.1 Å². The molecular weight excluding hydrogens is 330 g/mol. The number of aromatic hydroxyl groups is 2. The Morgan fingerprint density at radius 1 is 1.29 bits per heavy atom. The highest BCUT2D eigenvalue weighted by Gasteiger charge is 2.39. The summed E-state index contributed by atoms with van der Waals surface area (Å²) in [5.74, 6) is -1.65. The third-order valence-corrected chi connectivity index (χ3v) is 3.58. The van der Waals surface area contributed by atoms with Gasteiger partial charge in [0.1, 0.15) is 24.4 Å². The van der Waals surface area contributed by atoms with Crippen molar-refractivity contribution < 1.29 is 45.0 Å². The summed E-state index contributed by atoms with van der Waals surface area (Å²) in [6.07, 6.45) is -7.14. The normalized spacial score (nSPS) is 24.5. The smallest absolute Gasteiger partial charge is 0.315 e. The van der Waals surface area contributed by atoms with Gasteiger partial charge in [0.15, 0.2) is 12.0 Å². The number of hydrogen-bond acceptors (Lipinski definition) is 10. The van der Waals surface area contributed by atoms with Crippen molar-refractivity contribution in [2.75, 3.05) is 13.2 Å². The van der Waals surface area contributed by atoms with Gasteiger partial charge in [0.05, 0.1) is 18.1 Å². The summed E-state index contributed by atoms with van der Waals surface area (Å²) in [7, 11) is 0. The topological polar surface area (TPSA) is 183 Å². The number of hydrogen-bond donors (Lipinski definition) is 6. The van der Waals surface area contributed by atoms with Crippen LogP contribution in [0.5, 0.6) is 11.5 Å². The minimum atomic E-state index is -1.69. The second kappa shape index (κ2) is 7.25. The SMILES string of the molecule is O=[N+]([O-])c1cc(C2OC[C@H]([C@@H](O)[C@H](O)[C@H](O)CO)O2)cc(O)c1O. The Labute approximate surface area is 135 Å². The molecule has 0 aromatic heterocycles. The maximum atomic E-state index is 10.8. The van der Waals surface area contributed by atoms with Gasteiger partial charge in [-0.25, -0.2) is 0 Å². The molecule has 0 aliphatic carbocycles. The molecule has 11 nitrogen and oxygen atoms in total. The molecule has 11 heteroatoms. The van der Waals surface area contributed by atoms with E-state index in [4.69, 9.17) is 14.6 Å². The summed E-state index contributed by atoms with van der Waals surface area (Å²) in [6.45, 7) is -0.982. The first-order chi connectivity index (χ1) is 11.3. The predicted molar refractivity (Wildman–Crippen MR) is 75.1 cm³/mol. The van der Waals surface area contributed by atoms with Crippen LogP contribution >= 0.6 is 0 Å². The van der Waals surface area contributed by atoms with Crippen LogP contribution in [0.4, 0.5) is 5.69 Å². The zero-order chi connectivity index (χ0) is 18.0. The maximum Gasteiger partial charge on any atom is 0.315 e. The van der Waals surface area contributed by atoms with Crippen molar-refractivity contribution in [3.8, 4) is 11.5 Å². The van der Waals surface area contributed by atoms with Gasteiger partial charge in [-0.15, -0.1) is 0 Å². The van der Waals surface area contributed by atoms with E-state index in [-0.39, 0.29) is 12.2 Å². The Morgan fingerprint density at radius 2 is 1.96 bits per heavy atom. The Bertz CT molecular complexity index is 609. The van der Waals surface area contributed by atoms with Crippen molar-refractivity contribution >= 4 is 5.69 Å². The van der Waals surface area contributed by atoms with Crippen molar-refractivity contribution in [3.05, 3.63) is 27.8 Å². The largest absolute Gasteiger partial charge is 0.504 e. The van der Waals surface area contributed by atoms with Crippen molar-refractivity contribution in [3.63, 3.8) is 0 Å². The molecule has 0 saturated carbocycles. The number of nitrogens with zero attached hydrogens (tertiary/aromatic N) is 1. The molecule has 1 fully saturated rings. The molecule has 1 heterocycles. The number of benzene rings is 1. The summed E-state index contributed by atoms with van der Waals surface area (Å²) in [5, 5.41) is 67.4. The van der Waals surface area contributed by atoms with Crippen molar-refractivity contribution in [2.24, 2.45) is 0 Å². The van der Waals surface area contributed by atoms with Gasteiger partial charge in [-0.3, -0.25) is 10.1 Å². The fraction of sp³-hybridized carbons (Fsp3) is 0.538. The fourth-order valence-corrected chi connectivity index (χ4v) is 2.23. The first-order valence-electron chi connectivity index (χ1n) is 6.88. The third kappa shape index (κ3) is 3.56. The molecule has 5 atom stereocenters. The fourth-order valence-electron chi connectivity index (χ4n) is 2.23. The number of phenols is 2. The van der Waals surface area contributed by atoms with E-state index >= 15 is 0 Å². The zero-order valence-electron chi connectivity index (χ0n) is 12.2. The molecule has 24 heavy (non-hydrogen) atoms. The summed E-state index contributed by atoms with van der Waals surface area (Å²) < 4.78 is 10.5. The van der Waals surface area contributed by atoms with E-state index in [0.29, 0.717) is 0 Å². The van der Waals surface area contributed by atoms with Crippen LogP contribution in [0.25, 0.3) is 0 Å². The quantitative estimate of drug-likeness (QED) is 0.201. The maximum absolute atomic E-state index is 10.8. The van der Waals surface area contributed by atoms with Gasteiger partial charge >= 0.3 is 5.69 Å². The van der Waals surface area contributed by atoms with Crippen LogP contribution in [0, 0.1) is 10.1 Å². The minimum absolute atomic E-state index is 0.0175. The predicted octanol–water partition coefficient (Wildman–Crippen LogP) is -1.51. The number of aliphatic hydroxyl groups excluding tert-OH is 4. The van der Waals surface area contributed by atoms with Gasteiger partial charge in [0.25, 0.3) is 0 Å². The van der Waals surface area contributed by atoms with Crippen LogP contribution < -0.4 is 0 Å². The molecule has 1 saturated heterocycles.